The topological polar surface area (TPSA) is 118 Å². The first kappa shape index (κ1) is 17.0. The van der Waals surface area contributed by atoms with Gasteiger partial charge in [-0.15, -0.1) is 0 Å². The number of imidazole rings is 2. The number of nitrogens with zero attached hydrogens (tertiary/aromatic N) is 3. The van der Waals surface area contributed by atoms with Crippen molar-refractivity contribution < 1.29 is 8.42 Å². The van der Waals surface area contributed by atoms with Crippen molar-refractivity contribution in [2.45, 2.75) is 17.9 Å². The molecule has 10 heteroatoms. The Bertz CT molecular complexity index is 1070. The van der Waals surface area contributed by atoms with Gasteiger partial charge in [0, 0.05) is 32.0 Å². The SMILES string of the molecule is CCN1CCN(S(=O)(=O)c2ccc3[nH]c(=O)[nH]c3c2)C[C@@H]1c1ncc[nH]1. The Hall–Kier alpha value is -2.43. The second-order valence-corrected chi connectivity index (χ2v) is 8.21. The quantitative estimate of drug-likeness (QED) is 0.618. The van der Waals surface area contributed by atoms with E-state index in [1.165, 1.54) is 16.4 Å². The normalized spacial score (nSPS) is 20.0. The highest BCUT2D eigenvalue weighted by Gasteiger charge is 2.35. The standard InChI is InChI=1S/C16H20N6O3S/c1-2-21-7-8-22(10-14(21)15-17-5-6-18-15)26(24,25)11-3-4-12-13(9-11)20-16(23)19-12/h3-6,9,14H,2,7-8,10H2,1H3,(H,17,18)(H2,19,20,23)/t14-/m1/s1. The predicted octanol–water partition coefficient (Wildman–Crippen LogP) is 0.647. The molecule has 0 amide bonds. The van der Waals surface area contributed by atoms with Crippen LogP contribution in [-0.4, -0.2) is 63.7 Å². The number of H-pyrrole nitrogens is 3. The lowest BCUT2D eigenvalue weighted by atomic mass is 10.2. The zero-order valence-electron chi connectivity index (χ0n) is 14.3. The molecule has 0 unspecified atom stereocenters. The summed E-state index contributed by atoms with van der Waals surface area (Å²) in [7, 11) is -3.67. The van der Waals surface area contributed by atoms with Gasteiger partial charge in [0.15, 0.2) is 0 Å². The molecule has 2 aromatic heterocycles. The van der Waals surface area contributed by atoms with Crippen molar-refractivity contribution in [1.82, 2.24) is 29.1 Å². The predicted molar refractivity (Wildman–Crippen MR) is 96.3 cm³/mol. The number of rotatable bonds is 4. The molecule has 3 aromatic rings. The third kappa shape index (κ3) is 2.85. The molecule has 1 atom stereocenters. The first-order valence-electron chi connectivity index (χ1n) is 8.44. The number of piperazine rings is 1. The van der Waals surface area contributed by atoms with Gasteiger partial charge in [-0.2, -0.15) is 4.31 Å². The summed E-state index contributed by atoms with van der Waals surface area (Å²) >= 11 is 0. The summed E-state index contributed by atoms with van der Waals surface area (Å²) in [6, 6.07) is 4.51. The number of hydrogen-bond acceptors (Lipinski definition) is 5. The number of aromatic amines is 3. The van der Waals surface area contributed by atoms with E-state index in [4.69, 9.17) is 0 Å². The molecule has 0 radical (unpaired) electrons. The maximum atomic E-state index is 13.1. The maximum Gasteiger partial charge on any atom is 0.323 e. The molecule has 1 aliphatic heterocycles. The first-order valence-corrected chi connectivity index (χ1v) is 9.88. The average molecular weight is 376 g/mol. The van der Waals surface area contributed by atoms with E-state index in [0.717, 1.165) is 12.4 Å². The Morgan fingerprint density at radius 2 is 2.04 bits per heavy atom. The number of aromatic nitrogens is 4. The summed E-state index contributed by atoms with van der Waals surface area (Å²) in [6.07, 6.45) is 3.42. The Morgan fingerprint density at radius 3 is 2.77 bits per heavy atom. The minimum Gasteiger partial charge on any atom is -0.347 e. The Labute approximate surface area is 150 Å². The molecular weight excluding hydrogens is 356 g/mol. The summed E-state index contributed by atoms with van der Waals surface area (Å²) in [5.41, 5.74) is 0.702. The van der Waals surface area contributed by atoms with Gasteiger partial charge in [0.05, 0.1) is 22.0 Å². The van der Waals surface area contributed by atoms with E-state index in [0.29, 0.717) is 30.7 Å². The van der Waals surface area contributed by atoms with Crippen LogP contribution in [0.15, 0.2) is 40.3 Å². The molecule has 3 N–H and O–H groups in total. The van der Waals surface area contributed by atoms with Crippen LogP contribution in [0.25, 0.3) is 11.0 Å². The number of sulfonamides is 1. The molecule has 1 fully saturated rings. The van der Waals surface area contributed by atoms with E-state index >= 15 is 0 Å². The molecule has 9 nitrogen and oxygen atoms in total. The van der Waals surface area contributed by atoms with Crippen LogP contribution in [0.1, 0.15) is 18.8 Å². The van der Waals surface area contributed by atoms with Crippen LogP contribution >= 0.6 is 0 Å². The van der Waals surface area contributed by atoms with Crippen molar-refractivity contribution in [2.24, 2.45) is 0 Å². The minimum atomic E-state index is -3.67. The molecule has 0 saturated carbocycles. The van der Waals surface area contributed by atoms with Gasteiger partial charge in [-0.05, 0) is 24.7 Å². The maximum absolute atomic E-state index is 13.1. The second kappa shape index (κ2) is 6.38. The van der Waals surface area contributed by atoms with E-state index < -0.39 is 10.0 Å². The summed E-state index contributed by atoms with van der Waals surface area (Å²) in [6.45, 7) is 4.23. The summed E-state index contributed by atoms with van der Waals surface area (Å²) in [5.74, 6) is 0.761. The number of nitrogens with one attached hydrogen (secondary N) is 3. The average Bonchev–Trinajstić information content (AvgIpc) is 3.28. The Kier molecular flexibility index (Phi) is 4.17. The molecule has 0 aliphatic carbocycles. The van der Waals surface area contributed by atoms with Crippen molar-refractivity contribution in [3.8, 4) is 0 Å². The molecule has 4 rings (SSSR count). The van der Waals surface area contributed by atoms with E-state index in [2.05, 4.69) is 31.8 Å². The minimum absolute atomic E-state index is 0.116. The number of fused-ring (bicyclic) bond motifs is 1. The zero-order valence-corrected chi connectivity index (χ0v) is 15.1. The van der Waals surface area contributed by atoms with E-state index in [1.807, 2.05) is 0 Å². The van der Waals surface area contributed by atoms with Crippen LogP contribution in [0.4, 0.5) is 0 Å². The van der Waals surface area contributed by atoms with Gasteiger partial charge in [0.2, 0.25) is 10.0 Å². The molecule has 1 aromatic carbocycles. The molecule has 0 bridgehead atoms. The fourth-order valence-electron chi connectivity index (χ4n) is 3.43. The van der Waals surface area contributed by atoms with Gasteiger partial charge < -0.3 is 15.0 Å². The molecule has 1 aliphatic rings. The summed E-state index contributed by atoms with van der Waals surface area (Å²) < 4.78 is 27.7. The van der Waals surface area contributed by atoms with Crippen LogP contribution in [0.2, 0.25) is 0 Å². The highest BCUT2D eigenvalue weighted by Crippen LogP contribution is 2.27. The van der Waals surface area contributed by atoms with Crippen molar-refractivity contribution in [2.75, 3.05) is 26.2 Å². The monoisotopic (exact) mass is 376 g/mol. The van der Waals surface area contributed by atoms with Gasteiger partial charge >= 0.3 is 5.69 Å². The Morgan fingerprint density at radius 1 is 1.23 bits per heavy atom. The van der Waals surface area contributed by atoms with Crippen LogP contribution in [0, 0.1) is 0 Å². The van der Waals surface area contributed by atoms with Crippen molar-refractivity contribution in [1.29, 1.82) is 0 Å². The van der Waals surface area contributed by atoms with Crippen molar-refractivity contribution >= 4 is 21.1 Å². The second-order valence-electron chi connectivity index (χ2n) is 6.27. The lowest BCUT2D eigenvalue weighted by Crippen LogP contribution is -2.50. The highest BCUT2D eigenvalue weighted by atomic mass is 32.2. The summed E-state index contributed by atoms with van der Waals surface area (Å²) in [5, 5.41) is 0. The fraction of sp³-hybridized carbons (Fsp3) is 0.375. The van der Waals surface area contributed by atoms with Gasteiger partial charge in [-0.3, -0.25) is 4.90 Å². The molecule has 0 spiro atoms. The van der Waals surface area contributed by atoms with Crippen LogP contribution in [0.5, 0.6) is 0 Å². The number of benzene rings is 1. The summed E-state index contributed by atoms with van der Waals surface area (Å²) in [4.78, 5) is 26.4. The van der Waals surface area contributed by atoms with E-state index in [-0.39, 0.29) is 16.6 Å². The first-order chi connectivity index (χ1) is 12.5. The molecule has 26 heavy (non-hydrogen) atoms. The largest absolute Gasteiger partial charge is 0.347 e. The van der Waals surface area contributed by atoms with Crippen LogP contribution in [-0.2, 0) is 10.0 Å². The van der Waals surface area contributed by atoms with Gasteiger partial charge in [0.1, 0.15) is 5.82 Å². The van der Waals surface area contributed by atoms with Gasteiger partial charge in [0.25, 0.3) is 0 Å². The van der Waals surface area contributed by atoms with Gasteiger partial charge in [-0.25, -0.2) is 18.2 Å². The van der Waals surface area contributed by atoms with Crippen LogP contribution < -0.4 is 5.69 Å². The third-order valence-electron chi connectivity index (χ3n) is 4.82. The fourth-order valence-corrected chi connectivity index (χ4v) is 4.90. The van der Waals surface area contributed by atoms with Crippen LogP contribution in [0.3, 0.4) is 0 Å². The van der Waals surface area contributed by atoms with E-state index in [1.54, 1.807) is 18.5 Å². The molecular formula is C16H20N6O3S. The van der Waals surface area contributed by atoms with Crippen molar-refractivity contribution in [3.63, 3.8) is 0 Å². The lowest BCUT2D eigenvalue weighted by molar-refractivity contribution is 0.119. The Balaban J connectivity index is 1.67. The third-order valence-corrected chi connectivity index (χ3v) is 6.68. The number of likely N-dealkylation sites (N-methyl/N-ethyl adjacent to an activating group) is 1. The molecule has 3 heterocycles. The smallest absolute Gasteiger partial charge is 0.323 e. The van der Waals surface area contributed by atoms with Crippen molar-refractivity contribution in [3.05, 3.63) is 46.9 Å². The lowest BCUT2D eigenvalue weighted by Gasteiger charge is -2.39. The van der Waals surface area contributed by atoms with Gasteiger partial charge in [-0.1, -0.05) is 6.92 Å². The zero-order chi connectivity index (χ0) is 18.3. The molecule has 138 valence electrons. The highest BCUT2D eigenvalue weighted by molar-refractivity contribution is 7.89. The molecule has 1 saturated heterocycles. The number of hydrogen-bond donors (Lipinski definition) is 3. The van der Waals surface area contributed by atoms with E-state index in [9.17, 15) is 13.2 Å².